The average molecular weight is 380 g/mol. The Bertz CT molecular complexity index is 841. The van der Waals surface area contributed by atoms with Gasteiger partial charge in [-0.1, -0.05) is 32.6 Å². The molecule has 1 aliphatic rings. The van der Waals surface area contributed by atoms with Crippen molar-refractivity contribution in [2.45, 2.75) is 39.7 Å². The predicted octanol–water partition coefficient (Wildman–Crippen LogP) is 3.82. The molecule has 1 aromatic heterocycles. The summed E-state index contributed by atoms with van der Waals surface area (Å²) in [5, 5.41) is 0. The van der Waals surface area contributed by atoms with Crippen molar-refractivity contribution in [2.75, 3.05) is 13.7 Å². The fraction of sp³-hybridized carbons (Fsp3) is 0.391. The minimum Gasteiger partial charge on any atom is -0.493 e. The second kappa shape index (κ2) is 10.4. The van der Waals surface area contributed by atoms with E-state index in [4.69, 9.17) is 14.3 Å². The van der Waals surface area contributed by atoms with Crippen molar-refractivity contribution in [3.05, 3.63) is 71.2 Å². The van der Waals surface area contributed by atoms with Crippen LogP contribution in [0.15, 0.2) is 48.7 Å². The summed E-state index contributed by atoms with van der Waals surface area (Å²) >= 11 is 0. The van der Waals surface area contributed by atoms with Crippen LogP contribution in [0.2, 0.25) is 0 Å². The number of fused-ring (bicyclic) bond motifs is 1. The van der Waals surface area contributed by atoms with Gasteiger partial charge in [0.05, 0.1) is 6.61 Å². The van der Waals surface area contributed by atoms with Crippen molar-refractivity contribution in [3.8, 4) is 5.75 Å². The van der Waals surface area contributed by atoms with Crippen LogP contribution < -0.4 is 4.74 Å². The van der Waals surface area contributed by atoms with Crippen molar-refractivity contribution in [1.29, 1.82) is 0 Å². The van der Waals surface area contributed by atoms with Crippen LogP contribution in [0.3, 0.4) is 0 Å². The van der Waals surface area contributed by atoms with Crippen molar-refractivity contribution in [1.82, 2.24) is 9.88 Å². The monoisotopic (exact) mass is 380 g/mol. The maximum atomic E-state index is 8.12. The Kier molecular flexibility index (Phi) is 7.97. The molecule has 5 heteroatoms. The highest BCUT2D eigenvalue weighted by molar-refractivity contribution is 5.38. The minimum absolute atomic E-state index is 0.250. The molecule has 2 aromatic rings. The van der Waals surface area contributed by atoms with Gasteiger partial charge >= 0.3 is 6.15 Å². The molecular formula is C23H28N2O3. The lowest BCUT2D eigenvalue weighted by Gasteiger charge is -2.22. The number of rotatable bonds is 5. The van der Waals surface area contributed by atoms with Gasteiger partial charge in [-0.25, -0.2) is 0 Å². The molecule has 148 valence electrons. The Morgan fingerprint density at radius 3 is 2.64 bits per heavy atom. The van der Waals surface area contributed by atoms with Crippen LogP contribution in [0.4, 0.5) is 0 Å². The standard InChI is InChI=1S/C22H28N2O.CO2/c1-5-20-7-6-8-21(23-20)11-12-25-22-10-9-18-13-16(2)17(3)24(4)15-19(18)14-22;2-1-3/h6-10,14,16H,3,5,11-13,15H2,1-2,4H3;/t16-;/m1./s1. The van der Waals surface area contributed by atoms with Crippen molar-refractivity contribution < 1.29 is 14.3 Å². The number of ether oxygens (including phenoxy) is 1. The summed E-state index contributed by atoms with van der Waals surface area (Å²) in [5.74, 6) is 1.42. The normalized spacial score (nSPS) is 15.6. The van der Waals surface area contributed by atoms with E-state index in [-0.39, 0.29) is 6.15 Å². The molecule has 0 N–H and O–H groups in total. The molecule has 1 aliphatic heterocycles. The Balaban J connectivity index is 0.000000878. The molecule has 0 saturated carbocycles. The largest absolute Gasteiger partial charge is 0.493 e. The summed E-state index contributed by atoms with van der Waals surface area (Å²) in [6.07, 6.45) is 3.10. The number of hydrogen-bond donors (Lipinski definition) is 0. The number of allylic oxidation sites excluding steroid dienone is 1. The van der Waals surface area contributed by atoms with Gasteiger partial charge in [0.2, 0.25) is 0 Å². The van der Waals surface area contributed by atoms with E-state index >= 15 is 0 Å². The summed E-state index contributed by atoms with van der Waals surface area (Å²) in [6, 6.07) is 12.7. The van der Waals surface area contributed by atoms with Crippen molar-refractivity contribution >= 4 is 6.15 Å². The van der Waals surface area contributed by atoms with Gasteiger partial charge in [0.15, 0.2) is 0 Å². The molecule has 0 unspecified atom stereocenters. The summed E-state index contributed by atoms with van der Waals surface area (Å²) in [7, 11) is 2.12. The summed E-state index contributed by atoms with van der Waals surface area (Å²) in [5.41, 5.74) is 6.19. The number of carbonyl (C=O) groups excluding carboxylic acids is 2. The Labute approximate surface area is 167 Å². The van der Waals surface area contributed by atoms with E-state index in [1.807, 2.05) is 0 Å². The molecule has 1 aromatic carbocycles. The molecule has 3 rings (SSSR count). The topological polar surface area (TPSA) is 59.5 Å². The molecule has 5 nitrogen and oxygen atoms in total. The van der Waals surface area contributed by atoms with Gasteiger partial charge in [0.25, 0.3) is 0 Å². The first-order valence-electron chi connectivity index (χ1n) is 9.57. The second-order valence-electron chi connectivity index (χ2n) is 7.04. The number of nitrogens with zero attached hydrogens (tertiary/aromatic N) is 2. The number of pyridine rings is 1. The number of benzene rings is 1. The van der Waals surface area contributed by atoms with E-state index in [9.17, 15) is 0 Å². The third-order valence-electron chi connectivity index (χ3n) is 5.02. The van der Waals surface area contributed by atoms with Gasteiger partial charge in [-0.15, -0.1) is 0 Å². The van der Waals surface area contributed by atoms with E-state index in [0.29, 0.717) is 12.5 Å². The highest BCUT2D eigenvalue weighted by Gasteiger charge is 2.19. The molecule has 0 aliphatic carbocycles. The highest BCUT2D eigenvalue weighted by atomic mass is 16.5. The van der Waals surface area contributed by atoms with E-state index in [1.54, 1.807) is 0 Å². The van der Waals surface area contributed by atoms with Crippen LogP contribution in [0, 0.1) is 5.92 Å². The SMILES string of the molecule is C=C1[C@H](C)Cc2ccc(OCCc3cccc(CC)n3)cc2CN1C.O=C=O. The molecule has 0 saturated heterocycles. The molecular weight excluding hydrogens is 352 g/mol. The number of aromatic nitrogens is 1. The second-order valence-corrected chi connectivity index (χ2v) is 7.04. The van der Waals surface area contributed by atoms with Gasteiger partial charge in [0.1, 0.15) is 5.75 Å². The molecule has 0 bridgehead atoms. The quantitative estimate of drug-likeness (QED) is 0.789. The van der Waals surface area contributed by atoms with Crippen LogP contribution in [0.1, 0.15) is 36.4 Å². The van der Waals surface area contributed by atoms with E-state index in [1.165, 1.54) is 16.8 Å². The average Bonchev–Trinajstić information content (AvgIpc) is 2.79. The minimum atomic E-state index is 0.250. The van der Waals surface area contributed by atoms with E-state index < -0.39 is 0 Å². The molecule has 0 amide bonds. The number of aryl methyl sites for hydroxylation is 1. The molecule has 2 heterocycles. The van der Waals surface area contributed by atoms with Crippen LogP contribution in [0.5, 0.6) is 5.75 Å². The lowest BCUT2D eigenvalue weighted by Crippen LogP contribution is -2.18. The maximum absolute atomic E-state index is 8.12. The zero-order chi connectivity index (χ0) is 20.5. The third kappa shape index (κ3) is 5.80. The van der Waals surface area contributed by atoms with E-state index in [2.05, 4.69) is 73.8 Å². The first kappa shape index (κ1) is 21.4. The highest BCUT2D eigenvalue weighted by Crippen LogP contribution is 2.29. The van der Waals surface area contributed by atoms with Crippen LogP contribution >= 0.6 is 0 Å². The zero-order valence-corrected chi connectivity index (χ0v) is 16.9. The van der Waals surface area contributed by atoms with Crippen molar-refractivity contribution in [2.24, 2.45) is 5.92 Å². The Morgan fingerprint density at radius 1 is 1.21 bits per heavy atom. The molecule has 1 atom stereocenters. The molecule has 0 spiro atoms. The summed E-state index contributed by atoms with van der Waals surface area (Å²) in [4.78, 5) is 23.1. The fourth-order valence-electron chi connectivity index (χ4n) is 3.36. The van der Waals surface area contributed by atoms with Gasteiger partial charge in [0, 0.05) is 37.1 Å². The third-order valence-corrected chi connectivity index (χ3v) is 5.02. The van der Waals surface area contributed by atoms with Gasteiger partial charge in [-0.3, -0.25) is 4.98 Å². The summed E-state index contributed by atoms with van der Waals surface area (Å²) < 4.78 is 6.00. The maximum Gasteiger partial charge on any atom is 0.373 e. The Hall–Kier alpha value is -2.91. The van der Waals surface area contributed by atoms with Crippen molar-refractivity contribution in [3.63, 3.8) is 0 Å². The summed E-state index contributed by atoms with van der Waals surface area (Å²) in [6.45, 7) is 10.2. The Morgan fingerprint density at radius 2 is 1.93 bits per heavy atom. The smallest absolute Gasteiger partial charge is 0.373 e. The van der Waals surface area contributed by atoms with Crippen LogP contribution in [-0.4, -0.2) is 29.7 Å². The predicted molar refractivity (Wildman–Crippen MR) is 108 cm³/mol. The molecule has 28 heavy (non-hydrogen) atoms. The van der Waals surface area contributed by atoms with Gasteiger partial charge < -0.3 is 9.64 Å². The molecule has 0 fully saturated rings. The zero-order valence-electron chi connectivity index (χ0n) is 16.9. The number of hydrogen-bond acceptors (Lipinski definition) is 5. The molecule has 0 radical (unpaired) electrons. The lowest BCUT2D eigenvalue weighted by atomic mass is 9.97. The van der Waals surface area contributed by atoms with Gasteiger partial charge in [-0.05, 0) is 54.2 Å². The van der Waals surface area contributed by atoms with Gasteiger partial charge in [-0.2, -0.15) is 9.59 Å². The fourth-order valence-corrected chi connectivity index (χ4v) is 3.36. The van der Waals surface area contributed by atoms with E-state index in [0.717, 1.165) is 42.9 Å². The first-order chi connectivity index (χ1) is 13.5. The van der Waals surface area contributed by atoms with Crippen LogP contribution in [0.25, 0.3) is 0 Å². The van der Waals surface area contributed by atoms with Crippen LogP contribution in [-0.2, 0) is 35.4 Å². The lowest BCUT2D eigenvalue weighted by molar-refractivity contribution is -0.191. The first-order valence-corrected chi connectivity index (χ1v) is 9.57.